The van der Waals surface area contributed by atoms with E-state index in [2.05, 4.69) is 11.9 Å². The van der Waals surface area contributed by atoms with Gasteiger partial charge in [0.2, 0.25) is 6.08 Å². The van der Waals surface area contributed by atoms with Crippen molar-refractivity contribution in [3.8, 4) is 0 Å². The summed E-state index contributed by atoms with van der Waals surface area (Å²) in [6.45, 7) is 2.96. The van der Waals surface area contributed by atoms with Crippen LogP contribution in [-0.4, -0.2) is 12.6 Å². The van der Waals surface area contributed by atoms with Crippen LogP contribution in [0.3, 0.4) is 0 Å². The third-order valence-electron chi connectivity index (χ3n) is 5.19. The van der Waals surface area contributed by atoms with E-state index in [1.54, 1.807) is 6.08 Å². The summed E-state index contributed by atoms with van der Waals surface area (Å²) in [5, 5.41) is 0. The van der Waals surface area contributed by atoms with Crippen molar-refractivity contribution in [2.45, 2.75) is 135 Å². The predicted octanol–water partition coefficient (Wildman–Crippen LogP) is 8.14. The van der Waals surface area contributed by atoms with Gasteiger partial charge < -0.3 is 0 Å². The average Bonchev–Trinajstić information content (AvgIpc) is 2.63. The maximum Gasteiger partial charge on any atom is 0.234 e. The molecule has 0 aliphatic carbocycles. The summed E-state index contributed by atoms with van der Waals surface area (Å²) in [7, 11) is 0. The molecule has 0 spiro atoms. The van der Waals surface area contributed by atoms with Crippen molar-refractivity contribution in [2.24, 2.45) is 4.99 Å². The van der Waals surface area contributed by atoms with Crippen LogP contribution >= 0.6 is 0 Å². The van der Waals surface area contributed by atoms with E-state index in [4.69, 9.17) is 0 Å². The van der Waals surface area contributed by atoms with Crippen LogP contribution in [-0.2, 0) is 4.79 Å². The van der Waals surface area contributed by atoms with Gasteiger partial charge in [-0.05, 0) is 6.42 Å². The van der Waals surface area contributed by atoms with E-state index in [9.17, 15) is 4.79 Å². The topological polar surface area (TPSA) is 29.4 Å². The molecule has 148 valence electrons. The van der Waals surface area contributed by atoms with E-state index in [1.165, 1.54) is 122 Å². The Labute approximate surface area is 158 Å². The number of hydrogen-bond donors (Lipinski definition) is 0. The molecule has 0 unspecified atom stereocenters. The van der Waals surface area contributed by atoms with Gasteiger partial charge in [0.15, 0.2) is 0 Å². The zero-order chi connectivity index (χ0) is 18.3. The summed E-state index contributed by atoms with van der Waals surface area (Å²) in [4.78, 5) is 13.5. The Morgan fingerprint density at radius 1 is 0.480 bits per heavy atom. The fraction of sp³-hybridized carbons (Fsp3) is 0.957. The van der Waals surface area contributed by atoms with Crippen LogP contribution in [0.5, 0.6) is 0 Å². The number of unbranched alkanes of at least 4 members (excludes halogenated alkanes) is 19. The summed E-state index contributed by atoms with van der Waals surface area (Å²) in [6, 6.07) is 0. The lowest BCUT2D eigenvalue weighted by Gasteiger charge is -2.04. The molecule has 0 aromatic heterocycles. The molecule has 0 aromatic carbocycles. The Morgan fingerprint density at radius 3 is 1.04 bits per heavy atom. The highest BCUT2D eigenvalue weighted by atomic mass is 16.1. The van der Waals surface area contributed by atoms with Gasteiger partial charge in [-0.2, -0.15) is 0 Å². The molecule has 0 rings (SSSR count). The summed E-state index contributed by atoms with van der Waals surface area (Å²) in [6.07, 6.45) is 29.5. The molecule has 0 fully saturated rings. The standard InChI is InChI=1S/C23H45NO/c1-2-3-4-5-6-7-8-9-10-11-12-13-14-15-16-17-18-19-20-21-22-24-23-25/h2-22H2,1H3. The van der Waals surface area contributed by atoms with Crippen LogP contribution in [0.15, 0.2) is 4.99 Å². The Bertz CT molecular complexity index is 284. The molecule has 0 N–H and O–H groups in total. The molecule has 2 heteroatoms. The molecule has 0 atom stereocenters. The molecular formula is C23H45NO. The van der Waals surface area contributed by atoms with E-state index in [1.807, 2.05) is 0 Å². The Hall–Kier alpha value is -0.620. The van der Waals surface area contributed by atoms with Crippen LogP contribution in [0, 0.1) is 0 Å². The normalized spacial score (nSPS) is 10.8. The average molecular weight is 352 g/mol. The second-order valence-corrected chi connectivity index (χ2v) is 7.69. The third kappa shape index (κ3) is 23.4. The van der Waals surface area contributed by atoms with Gasteiger partial charge in [-0.15, -0.1) is 0 Å². The van der Waals surface area contributed by atoms with Crippen molar-refractivity contribution < 1.29 is 4.79 Å². The third-order valence-corrected chi connectivity index (χ3v) is 5.19. The molecule has 0 amide bonds. The number of nitrogens with zero attached hydrogens (tertiary/aromatic N) is 1. The van der Waals surface area contributed by atoms with Crippen LogP contribution in [0.1, 0.15) is 135 Å². The van der Waals surface area contributed by atoms with Crippen LogP contribution < -0.4 is 0 Å². The SMILES string of the molecule is CCCCCCCCCCCCCCCCCCCCCCN=C=O. The molecule has 0 aliphatic heterocycles. The first-order valence-corrected chi connectivity index (χ1v) is 11.5. The monoisotopic (exact) mass is 351 g/mol. The second-order valence-electron chi connectivity index (χ2n) is 7.69. The van der Waals surface area contributed by atoms with Gasteiger partial charge >= 0.3 is 0 Å². The molecule has 0 aromatic rings. The van der Waals surface area contributed by atoms with Crippen molar-refractivity contribution in [3.05, 3.63) is 0 Å². The van der Waals surface area contributed by atoms with Crippen molar-refractivity contribution in [2.75, 3.05) is 6.54 Å². The van der Waals surface area contributed by atoms with Crippen LogP contribution in [0.25, 0.3) is 0 Å². The van der Waals surface area contributed by atoms with Crippen molar-refractivity contribution in [1.29, 1.82) is 0 Å². The van der Waals surface area contributed by atoms with E-state index >= 15 is 0 Å². The predicted molar refractivity (Wildman–Crippen MR) is 111 cm³/mol. The fourth-order valence-electron chi connectivity index (χ4n) is 3.49. The lowest BCUT2D eigenvalue weighted by atomic mass is 10.0. The molecule has 0 aliphatic rings. The van der Waals surface area contributed by atoms with Crippen LogP contribution in [0.4, 0.5) is 0 Å². The first kappa shape index (κ1) is 24.4. The second kappa shape index (κ2) is 23.4. The van der Waals surface area contributed by atoms with Crippen molar-refractivity contribution in [3.63, 3.8) is 0 Å². The zero-order valence-electron chi connectivity index (χ0n) is 17.2. The van der Waals surface area contributed by atoms with Gasteiger partial charge in [-0.1, -0.05) is 129 Å². The quantitative estimate of drug-likeness (QED) is 0.116. The highest BCUT2D eigenvalue weighted by Crippen LogP contribution is 2.14. The lowest BCUT2D eigenvalue weighted by molar-refractivity contribution is 0.522. The molecule has 0 radical (unpaired) electrons. The number of rotatable bonds is 21. The Kier molecular flexibility index (Phi) is 22.8. The number of isocyanates is 1. The van der Waals surface area contributed by atoms with Gasteiger partial charge in [0, 0.05) is 0 Å². The smallest absolute Gasteiger partial charge is 0.211 e. The maximum absolute atomic E-state index is 9.91. The zero-order valence-corrected chi connectivity index (χ0v) is 17.2. The summed E-state index contributed by atoms with van der Waals surface area (Å²) >= 11 is 0. The van der Waals surface area contributed by atoms with Gasteiger partial charge in [-0.3, -0.25) is 0 Å². The van der Waals surface area contributed by atoms with E-state index in [0.717, 1.165) is 6.42 Å². The summed E-state index contributed by atoms with van der Waals surface area (Å²) < 4.78 is 0. The molecule has 2 nitrogen and oxygen atoms in total. The van der Waals surface area contributed by atoms with Crippen LogP contribution in [0.2, 0.25) is 0 Å². The molecule has 0 saturated heterocycles. The van der Waals surface area contributed by atoms with Crippen molar-refractivity contribution in [1.82, 2.24) is 0 Å². The lowest BCUT2D eigenvalue weighted by Crippen LogP contribution is -1.85. The van der Waals surface area contributed by atoms with Gasteiger partial charge in [0.25, 0.3) is 0 Å². The first-order valence-electron chi connectivity index (χ1n) is 11.5. The highest BCUT2D eigenvalue weighted by Gasteiger charge is 1.95. The highest BCUT2D eigenvalue weighted by molar-refractivity contribution is 5.32. The minimum Gasteiger partial charge on any atom is -0.211 e. The molecular weight excluding hydrogens is 306 g/mol. The largest absolute Gasteiger partial charge is 0.234 e. The molecule has 0 heterocycles. The fourth-order valence-corrected chi connectivity index (χ4v) is 3.49. The first-order chi connectivity index (χ1) is 12.4. The minimum absolute atomic E-state index is 0.669. The molecule has 0 bridgehead atoms. The van der Waals surface area contributed by atoms with E-state index in [0.29, 0.717) is 6.54 Å². The van der Waals surface area contributed by atoms with E-state index < -0.39 is 0 Å². The Morgan fingerprint density at radius 2 is 0.760 bits per heavy atom. The summed E-state index contributed by atoms with van der Waals surface area (Å²) in [5.41, 5.74) is 0. The van der Waals surface area contributed by atoms with E-state index in [-0.39, 0.29) is 0 Å². The van der Waals surface area contributed by atoms with Gasteiger partial charge in [-0.25, -0.2) is 9.79 Å². The minimum atomic E-state index is 0.669. The molecule has 0 saturated carbocycles. The maximum atomic E-state index is 9.91. The Balaban J connectivity index is 2.97. The number of carbonyl (C=O) groups excluding carboxylic acids is 1. The van der Waals surface area contributed by atoms with Crippen molar-refractivity contribution >= 4 is 6.08 Å². The van der Waals surface area contributed by atoms with Gasteiger partial charge in [0.05, 0.1) is 6.54 Å². The number of aliphatic imine (C=N–C) groups is 1. The summed E-state index contributed by atoms with van der Waals surface area (Å²) in [5.74, 6) is 0. The van der Waals surface area contributed by atoms with Gasteiger partial charge in [0.1, 0.15) is 0 Å². The number of hydrogen-bond acceptors (Lipinski definition) is 2. The molecule has 25 heavy (non-hydrogen) atoms.